The molecule has 5 heteroatoms. The van der Waals surface area contributed by atoms with Crippen molar-refractivity contribution in [3.8, 4) is 5.75 Å². The Balaban J connectivity index is 1.81. The van der Waals surface area contributed by atoms with Gasteiger partial charge in [0, 0.05) is 19.0 Å². The molecular weight excluding hydrogens is 312 g/mol. The Labute approximate surface area is 140 Å². The van der Waals surface area contributed by atoms with Crippen molar-refractivity contribution in [2.24, 2.45) is 5.73 Å². The van der Waals surface area contributed by atoms with E-state index in [1.54, 1.807) is 11.0 Å². The number of amides is 1. The Morgan fingerprint density at radius 2 is 2.00 bits per heavy atom. The first-order chi connectivity index (χ1) is 11.2. The third-order valence-electron chi connectivity index (χ3n) is 3.93. The first-order valence-electron chi connectivity index (χ1n) is 7.69. The molecule has 0 aliphatic carbocycles. The van der Waals surface area contributed by atoms with Gasteiger partial charge in [0.25, 0.3) is 0 Å². The Morgan fingerprint density at radius 1 is 1.22 bits per heavy atom. The van der Waals surface area contributed by atoms with Gasteiger partial charge in [0.05, 0.1) is 17.3 Å². The van der Waals surface area contributed by atoms with E-state index in [9.17, 15) is 4.79 Å². The lowest BCUT2D eigenvalue weighted by Crippen LogP contribution is -2.33. The zero-order chi connectivity index (χ0) is 16.2. The number of hydrogen-bond donors (Lipinski definition) is 1. The number of rotatable bonds is 3. The minimum atomic E-state index is -0.324. The summed E-state index contributed by atoms with van der Waals surface area (Å²) in [4.78, 5) is 14.5. The summed E-state index contributed by atoms with van der Waals surface area (Å²) < 4.78 is 5.69. The number of halogens is 1. The number of para-hydroxylation sites is 1. The van der Waals surface area contributed by atoms with Gasteiger partial charge in [-0.15, -0.1) is 0 Å². The average Bonchev–Trinajstić information content (AvgIpc) is 2.79. The topological polar surface area (TPSA) is 55.6 Å². The average molecular weight is 331 g/mol. The van der Waals surface area contributed by atoms with Crippen molar-refractivity contribution in [1.29, 1.82) is 0 Å². The summed E-state index contributed by atoms with van der Waals surface area (Å²) in [7, 11) is 0. The van der Waals surface area contributed by atoms with Crippen LogP contribution < -0.4 is 15.4 Å². The van der Waals surface area contributed by atoms with Crippen LogP contribution in [-0.4, -0.2) is 19.1 Å². The fourth-order valence-electron chi connectivity index (χ4n) is 2.75. The van der Waals surface area contributed by atoms with Crippen LogP contribution in [0.3, 0.4) is 0 Å². The lowest BCUT2D eigenvalue weighted by Gasteiger charge is -2.24. The maximum Gasteiger partial charge on any atom is 0.229 e. The van der Waals surface area contributed by atoms with Gasteiger partial charge in [0.15, 0.2) is 5.75 Å². The summed E-state index contributed by atoms with van der Waals surface area (Å²) in [6.45, 7) is 1.15. The van der Waals surface area contributed by atoms with Crippen LogP contribution in [0.25, 0.3) is 0 Å². The van der Waals surface area contributed by atoms with Gasteiger partial charge < -0.3 is 15.4 Å². The van der Waals surface area contributed by atoms with Crippen LogP contribution in [0, 0.1) is 0 Å². The predicted octanol–water partition coefficient (Wildman–Crippen LogP) is 3.55. The predicted molar refractivity (Wildman–Crippen MR) is 91.9 cm³/mol. The number of carbonyl (C=O) groups is 1. The van der Waals surface area contributed by atoms with Crippen molar-refractivity contribution in [3.63, 3.8) is 0 Å². The quantitative estimate of drug-likeness (QED) is 0.936. The van der Waals surface area contributed by atoms with Crippen LogP contribution in [0.1, 0.15) is 24.4 Å². The monoisotopic (exact) mass is 330 g/mol. The summed E-state index contributed by atoms with van der Waals surface area (Å²) >= 11 is 6.20. The minimum absolute atomic E-state index is 0.0182. The molecule has 0 fully saturated rings. The number of benzene rings is 2. The zero-order valence-corrected chi connectivity index (χ0v) is 13.5. The first-order valence-corrected chi connectivity index (χ1v) is 8.07. The molecule has 1 aliphatic rings. The van der Waals surface area contributed by atoms with E-state index < -0.39 is 0 Å². The van der Waals surface area contributed by atoms with Gasteiger partial charge in [-0.25, -0.2) is 0 Å². The molecule has 0 unspecified atom stereocenters. The molecule has 1 heterocycles. The molecule has 1 aliphatic heterocycles. The van der Waals surface area contributed by atoms with Gasteiger partial charge in [-0.3, -0.25) is 4.79 Å². The Morgan fingerprint density at radius 3 is 2.78 bits per heavy atom. The molecule has 0 spiro atoms. The third kappa shape index (κ3) is 3.49. The Kier molecular flexibility index (Phi) is 4.84. The van der Waals surface area contributed by atoms with Crippen LogP contribution in [0.2, 0.25) is 5.02 Å². The van der Waals surface area contributed by atoms with Crippen LogP contribution in [0.5, 0.6) is 5.75 Å². The van der Waals surface area contributed by atoms with Gasteiger partial charge in [0.1, 0.15) is 0 Å². The second kappa shape index (κ2) is 7.02. The summed E-state index contributed by atoms with van der Waals surface area (Å²) in [5, 5.41) is 0.523. The number of hydrogen-bond acceptors (Lipinski definition) is 3. The first kappa shape index (κ1) is 15.8. The van der Waals surface area contributed by atoms with Gasteiger partial charge in [-0.1, -0.05) is 48.0 Å². The van der Waals surface area contributed by atoms with E-state index >= 15 is 0 Å². The molecule has 0 saturated carbocycles. The minimum Gasteiger partial charge on any atom is -0.490 e. The zero-order valence-electron chi connectivity index (χ0n) is 12.7. The molecule has 0 saturated heterocycles. The summed E-state index contributed by atoms with van der Waals surface area (Å²) in [6.07, 6.45) is 1.01. The fourth-order valence-corrected chi connectivity index (χ4v) is 2.97. The van der Waals surface area contributed by atoms with E-state index in [4.69, 9.17) is 22.1 Å². The smallest absolute Gasteiger partial charge is 0.229 e. The molecule has 4 nitrogen and oxygen atoms in total. The maximum absolute atomic E-state index is 12.8. The SMILES string of the molecule is N[C@@H](CC(=O)N1CCCOc2c(Cl)cccc21)c1ccccc1. The highest BCUT2D eigenvalue weighted by Gasteiger charge is 2.25. The molecule has 2 N–H and O–H groups in total. The number of nitrogens with two attached hydrogens (primary N) is 1. The van der Waals surface area contributed by atoms with E-state index in [1.165, 1.54) is 0 Å². The van der Waals surface area contributed by atoms with Crippen molar-refractivity contribution in [1.82, 2.24) is 0 Å². The molecule has 2 aromatic rings. The normalized spacial score (nSPS) is 15.3. The maximum atomic E-state index is 12.8. The molecule has 120 valence electrons. The molecule has 0 radical (unpaired) electrons. The molecule has 2 aromatic carbocycles. The summed E-state index contributed by atoms with van der Waals surface area (Å²) in [6, 6.07) is 14.8. The largest absolute Gasteiger partial charge is 0.490 e. The molecule has 3 rings (SSSR count). The highest BCUT2D eigenvalue weighted by molar-refractivity contribution is 6.32. The fraction of sp³-hybridized carbons (Fsp3) is 0.278. The Bertz CT molecular complexity index is 691. The van der Waals surface area contributed by atoms with Crippen LogP contribution in [0.4, 0.5) is 5.69 Å². The molecule has 0 aromatic heterocycles. The molecule has 1 atom stereocenters. The van der Waals surface area contributed by atoms with E-state index in [0.717, 1.165) is 17.7 Å². The lowest BCUT2D eigenvalue weighted by molar-refractivity contribution is -0.119. The number of anilines is 1. The van der Waals surface area contributed by atoms with Gasteiger partial charge >= 0.3 is 0 Å². The third-order valence-corrected chi connectivity index (χ3v) is 4.23. The highest BCUT2D eigenvalue weighted by atomic mass is 35.5. The number of carbonyl (C=O) groups excluding carboxylic acids is 1. The number of nitrogens with zero attached hydrogens (tertiary/aromatic N) is 1. The number of ether oxygens (including phenoxy) is 1. The summed E-state index contributed by atoms with van der Waals surface area (Å²) in [5.41, 5.74) is 7.87. The van der Waals surface area contributed by atoms with E-state index in [0.29, 0.717) is 23.9 Å². The van der Waals surface area contributed by atoms with Crippen LogP contribution in [-0.2, 0) is 4.79 Å². The molecule has 0 bridgehead atoms. The van der Waals surface area contributed by atoms with Crippen LogP contribution >= 0.6 is 11.6 Å². The summed E-state index contributed by atoms with van der Waals surface area (Å²) in [5.74, 6) is 0.559. The molecule has 1 amide bonds. The van der Waals surface area contributed by atoms with Gasteiger partial charge in [0.2, 0.25) is 5.91 Å². The van der Waals surface area contributed by atoms with Crippen molar-refractivity contribution in [2.45, 2.75) is 18.9 Å². The van der Waals surface area contributed by atoms with Crippen LogP contribution in [0.15, 0.2) is 48.5 Å². The van der Waals surface area contributed by atoms with Crippen molar-refractivity contribution < 1.29 is 9.53 Å². The second-order valence-corrected chi connectivity index (χ2v) is 5.96. The van der Waals surface area contributed by atoms with E-state index in [-0.39, 0.29) is 18.4 Å². The standard InChI is InChI=1S/C18H19ClN2O2/c19-14-8-4-9-16-18(14)23-11-5-10-21(16)17(22)12-15(20)13-6-2-1-3-7-13/h1-4,6-9,15H,5,10-12,20H2/t15-/m0/s1. The Hall–Kier alpha value is -2.04. The van der Waals surface area contributed by atoms with E-state index in [2.05, 4.69) is 0 Å². The van der Waals surface area contributed by atoms with E-state index in [1.807, 2.05) is 42.5 Å². The van der Waals surface area contributed by atoms with Crippen molar-refractivity contribution >= 4 is 23.2 Å². The lowest BCUT2D eigenvalue weighted by atomic mass is 10.0. The van der Waals surface area contributed by atoms with Gasteiger partial charge in [-0.2, -0.15) is 0 Å². The number of fused-ring (bicyclic) bond motifs is 1. The van der Waals surface area contributed by atoms with Crippen molar-refractivity contribution in [2.75, 3.05) is 18.1 Å². The van der Waals surface area contributed by atoms with Gasteiger partial charge in [-0.05, 0) is 24.1 Å². The molecular formula is C18H19ClN2O2. The molecule has 23 heavy (non-hydrogen) atoms. The highest BCUT2D eigenvalue weighted by Crippen LogP contribution is 2.37. The second-order valence-electron chi connectivity index (χ2n) is 5.56. The van der Waals surface area contributed by atoms with Crippen molar-refractivity contribution in [3.05, 3.63) is 59.1 Å².